The normalized spacial score (nSPS) is 14.0. The van der Waals surface area contributed by atoms with Crippen LogP contribution in [0.1, 0.15) is 18.0 Å². The summed E-state index contributed by atoms with van der Waals surface area (Å²) in [7, 11) is 1.40. The van der Waals surface area contributed by atoms with Gasteiger partial charge in [-0.15, -0.1) is 13.2 Å². The molecule has 1 aromatic carbocycles. The molecule has 32 heavy (non-hydrogen) atoms. The number of urea groups is 1. The summed E-state index contributed by atoms with van der Waals surface area (Å²) in [4.78, 5) is 30.0. The zero-order valence-corrected chi connectivity index (χ0v) is 16.4. The number of amides is 3. The average Bonchev–Trinajstić information content (AvgIpc) is 2.72. The quantitative estimate of drug-likeness (QED) is 0.672. The molecule has 2 aromatic rings. The standard InChI is InChI=1S/C19H15F4N5O4/c1-31-11-7-14-17(25-8-11)28(9-16(29)26-14)18(30)27-13(4-5-24)10-2-3-15(12(20)6-10)32-19(21,22)23/h2-3,6-8,13H,4,9H2,1H3,(H,26,29)(H,27,30). The van der Waals surface area contributed by atoms with E-state index in [4.69, 9.17) is 10.00 Å². The van der Waals surface area contributed by atoms with Crippen molar-refractivity contribution < 1.29 is 36.6 Å². The molecule has 0 saturated carbocycles. The number of nitrogens with zero attached hydrogens (tertiary/aromatic N) is 3. The van der Waals surface area contributed by atoms with Crippen molar-refractivity contribution in [2.75, 3.05) is 23.9 Å². The van der Waals surface area contributed by atoms with Crippen LogP contribution in [0.3, 0.4) is 0 Å². The molecule has 9 nitrogen and oxygen atoms in total. The first kappa shape index (κ1) is 22.6. The van der Waals surface area contributed by atoms with Crippen LogP contribution in [0.4, 0.5) is 33.9 Å². The Kier molecular flexibility index (Phi) is 6.33. The SMILES string of the molecule is COc1cnc2c(c1)NC(=O)CN2C(=O)NC(CC#N)c1ccc(OC(F)(F)F)c(F)c1. The second-order valence-corrected chi connectivity index (χ2v) is 6.48. The number of hydrogen-bond acceptors (Lipinski definition) is 6. The third-order valence-electron chi connectivity index (χ3n) is 4.33. The van der Waals surface area contributed by atoms with E-state index in [1.807, 2.05) is 6.07 Å². The third kappa shape index (κ3) is 5.15. The van der Waals surface area contributed by atoms with Gasteiger partial charge in [0.15, 0.2) is 17.4 Å². The highest BCUT2D eigenvalue weighted by molar-refractivity contribution is 6.08. The van der Waals surface area contributed by atoms with Gasteiger partial charge in [-0.25, -0.2) is 14.2 Å². The molecule has 1 aliphatic rings. The number of rotatable bonds is 5. The van der Waals surface area contributed by atoms with Gasteiger partial charge in [0.05, 0.1) is 37.5 Å². The minimum atomic E-state index is -5.08. The van der Waals surface area contributed by atoms with Crippen molar-refractivity contribution in [3.05, 3.63) is 41.8 Å². The van der Waals surface area contributed by atoms with Crippen molar-refractivity contribution in [3.8, 4) is 17.6 Å². The molecule has 0 bridgehead atoms. The topological polar surface area (TPSA) is 117 Å². The van der Waals surface area contributed by atoms with Gasteiger partial charge < -0.3 is 20.1 Å². The number of pyridine rings is 1. The van der Waals surface area contributed by atoms with Crippen LogP contribution >= 0.6 is 0 Å². The molecule has 13 heteroatoms. The van der Waals surface area contributed by atoms with E-state index in [0.717, 1.165) is 23.1 Å². The summed E-state index contributed by atoms with van der Waals surface area (Å²) in [6, 6.07) is 3.92. The minimum absolute atomic E-state index is 0.0244. The van der Waals surface area contributed by atoms with E-state index in [1.54, 1.807) is 0 Å². The van der Waals surface area contributed by atoms with Gasteiger partial charge in [0, 0.05) is 6.07 Å². The lowest BCUT2D eigenvalue weighted by Crippen LogP contribution is -2.48. The van der Waals surface area contributed by atoms with Crippen LogP contribution in [0.15, 0.2) is 30.5 Å². The molecule has 168 valence electrons. The van der Waals surface area contributed by atoms with Crippen LogP contribution in [0, 0.1) is 17.1 Å². The maximum atomic E-state index is 14.1. The summed E-state index contributed by atoms with van der Waals surface area (Å²) in [5.74, 6) is -2.44. The fraction of sp³-hybridized carbons (Fsp3) is 0.263. The van der Waals surface area contributed by atoms with Gasteiger partial charge in [-0.3, -0.25) is 9.69 Å². The Labute approximate surface area is 178 Å². The first-order chi connectivity index (χ1) is 15.1. The molecule has 1 aromatic heterocycles. The first-order valence-corrected chi connectivity index (χ1v) is 8.95. The van der Waals surface area contributed by atoms with E-state index in [9.17, 15) is 27.2 Å². The number of carbonyl (C=O) groups excluding carboxylic acids is 2. The largest absolute Gasteiger partial charge is 0.573 e. The van der Waals surface area contributed by atoms with Crippen LogP contribution < -0.4 is 25.0 Å². The van der Waals surface area contributed by atoms with Gasteiger partial charge in [0.25, 0.3) is 0 Å². The molecule has 1 atom stereocenters. The zero-order valence-electron chi connectivity index (χ0n) is 16.4. The van der Waals surface area contributed by atoms with Crippen molar-refractivity contribution >= 4 is 23.4 Å². The number of hydrogen-bond donors (Lipinski definition) is 2. The third-order valence-corrected chi connectivity index (χ3v) is 4.33. The Hall–Kier alpha value is -4.08. The maximum absolute atomic E-state index is 14.1. The molecular formula is C19H15F4N5O4. The number of anilines is 2. The van der Waals surface area contributed by atoms with E-state index >= 15 is 0 Å². The molecule has 0 spiro atoms. The molecule has 0 radical (unpaired) electrons. The predicted molar refractivity (Wildman–Crippen MR) is 101 cm³/mol. The van der Waals surface area contributed by atoms with Gasteiger partial charge in [0.1, 0.15) is 12.3 Å². The molecule has 1 aliphatic heterocycles. The summed E-state index contributed by atoms with van der Waals surface area (Å²) in [6.45, 7) is -0.385. The van der Waals surface area contributed by atoms with Crippen LogP contribution in [0.25, 0.3) is 0 Å². The van der Waals surface area contributed by atoms with Crippen molar-refractivity contribution in [1.82, 2.24) is 10.3 Å². The highest BCUT2D eigenvalue weighted by Gasteiger charge is 2.33. The number of benzene rings is 1. The highest BCUT2D eigenvalue weighted by atomic mass is 19.4. The van der Waals surface area contributed by atoms with Crippen molar-refractivity contribution in [2.45, 2.75) is 18.8 Å². The number of nitriles is 1. The summed E-state index contributed by atoms with van der Waals surface area (Å²) >= 11 is 0. The lowest BCUT2D eigenvalue weighted by Gasteiger charge is -2.29. The Morgan fingerprint density at radius 1 is 1.41 bits per heavy atom. The predicted octanol–water partition coefficient (Wildman–Crippen LogP) is 3.25. The molecule has 0 fully saturated rings. The average molecular weight is 453 g/mol. The molecule has 1 unspecified atom stereocenters. The number of halogens is 4. The van der Waals surface area contributed by atoms with Crippen LogP contribution in [-0.4, -0.2) is 36.9 Å². The van der Waals surface area contributed by atoms with E-state index in [0.29, 0.717) is 5.75 Å². The van der Waals surface area contributed by atoms with Crippen LogP contribution in [-0.2, 0) is 4.79 Å². The number of alkyl halides is 3. The van der Waals surface area contributed by atoms with Gasteiger partial charge in [-0.05, 0) is 17.7 Å². The summed E-state index contributed by atoms with van der Waals surface area (Å²) in [6.07, 6.45) is -4.08. The fourth-order valence-corrected chi connectivity index (χ4v) is 2.95. The van der Waals surface area contributed by atoms with E-state index in [2.05, 4.69) is 20.4 Å². The maximum Gasteiger partial charge on any atom is 0.573 e. The highest BCUT2D eigenvalue weighted by Crippen LogP contribution is 2.32. The molecule has 3 amide bonds. The zero-order chi connectivity index (χ0) is 23.5. The van der Waals surface area contributed by atoms with Crippen LogP contribution in [0.2, 0.25) is 0 Å². The van der Waals surface area contributed by atoms with E-state index in [1.165, 1.54) is 19.4 Å². The first-order valence-electron chi connectivity index (χ1n) is 8.95. The molecule has 0 aliphatic carbocycles. The fourth-order valence-electron chi connectivity index (χ4n) is 2.95. The number of aromatic nitrogens is 1. The lowest BCUT2D eigenvalue weighted by atomic mass is 10.0. The summed E-state index contributed by atoms with van der Waals surface area (Å²) in [5, 5.41) is 14.1. The monoisotopic (exact) mass is 453 g/mol. The number of methoxy groups -OCH3 is 1. The van der Waals surface area contributed by atoms with Gasteiger partial charge >= 0.3 is 12.4 Å². The van der Waals surface area contributed by atoms with Gasteiger partial charge in [-0.1, -0.05) is 6.07 Å². The molecule has 2 heterocycles. The summed E-state index contributed by atoms with van der Waals surface area (Å²) < 4.78 is 59.7. The van der Waals surface area contributed by atoms with Crippen molar-refractivity contribution in [3.63, 3.8) is 0 Å². The van der Waals surface area contributed by atoms with Gasteiger partial charge in [0.2, 0.25) is 5.91 Å². The second-order valence-electron chi connectivity index (χ2n) is 6.48. The van der Waals surface area contributed by atoms with Crippen LogP contribution in [0.5, 0.6) is 11.5 Å². The Bertz CT molecular complexity index is 1090. The Balaban J connectivity index is 1.84. The van der Waals surface area contributed by atoms with Crippen molar-refractivity contribution in [1.29, 1.82) is 5.26 Å². The van der Waals surface area contributed by atoms with Gasteiger partial charge in [-0.2, -0.15) is 5.26 Å². The van der Waals surface area contributed by atoms with E-state index in [-0.39, 0.29) is 30.0 Å². The number of carbonyl (C=O) groups is 2. The van der Waals surface area contributed by atoms with Crippen molar-refractivity contribution in [2.24, 2.45) is 0 Å². The molecule has 0 saturated heterocycles. The number of nitrogens with one attached hydrogen (secondary N) is 2. The number of fused-ring (bicyclic) bond motifs is 1. The number of ether oxygens (including phenoxy) is 2. The molecular weight excluding hydrogens is 438 g/mol. The molecule has 3 rings (SSSR count). The Morgan fingerprint density at radius 3 is 2.78 bits per heavy atom. The minimum Gasteiger partial charge on any atom is -0.495 e. The molecule has 2 N–H and O–H groups in total. The Morgan fingerprint density at radius 2 is 2.16 bits per heavy atom. The summed E-state index contributed by atoms with van der Waals surface area (Å²) in [5.41, 5.74) is 0.239. The lowest BCUT2D eigenvalue weighted by molar-refractivity contribution is -0.275. The second kappa shape index (κ2) is 8.96. The smallest absolute Gasteiger partial charge is 0.495 e. The van der Waals surface area contributed by atoms with E-state index < -0.39 is 35.9 Å².